The topological polar surface area (TPSA) is 46.6 Å². The van der Waals surface area contributed by atoms with E-state index >= 15 is 0 Å². The van der Waals surface area contributed by atoms with E-state index in [1.165, 1.54) is 6.08 Å². The summed E-state index contributed by atoms with van der Waals surface area (Å²) in [6.45, 7) is -0.351. The first-order valence-electron chi connectivity index (χ1n) is 7.53. The molecule has 5 heteroatoms. The van der Waals surface area contributed by atoms with Crippen molar-refractivity contribution in [1.29, 1.82) is 0 Å². The normalized spacial score (nSPS) is 14.1. The number of hydrogen-bond donors (Lipinski definition) is 0. The van der Waals surface area contributed by atoms with E-state index in [2.05, 4.69) is 0 Å². The third-order valence-corrected chi connectivity index (χ3v) is 3.88. The molecule has 1 aliphatic heterocycles. The van der Waals surface area contributed by atoms with Crippen LogP contribution in [0.1, 0.15) is 26.3 Å². The summed E-state index contributed by atoms with van der Waals surface area (Å²) in [5, 5.41) is 0. The lowest BCUT2D eigenvalue weighted by Crippen LogP contribution is -2.31. The molecule has 0 N–H and O–H groups in total. The number of benzene rings is 2. The number of rotatable bonds is 5. The summed E-state index contributed by atoms with van der Waals surface area (Å²) in [5.74, 6) is -0.741. The fraction of sp³-hybridized carbons (Fsp3) is 0.158. The monoisotopic (exact) mass is 325 g/mol. The number of amides is 2. The lowest BCUT2D eigenvalue weighted by atomic mass is 10.1. The third kappa shape index (κ3) is 3.06. The van der Waals surface area contributed by atoms with Gasteiger partial charge in [0, 0.05) is 0 Å². The van der Waals surface area contributed by atoms with Crippen molar-refractivity contribution in [1.82, 2.24) is 4.90 Å². The van der Waals surface area contributed by atoms with Gasteiger partial charge < -0.3 is 4.74 Å². The molecule has 122 valence electrons. The minimum Gasteiger partial charge on any atom is -0.497 e. The second kappa shape index (κ2) is 6.66. The van der Waals surface area contributed by atoms with E-state index in [1.807, 2.05) is 24.3 Å². The van der Waals surface area contributed by atoms with E-state index < -0.39 is 17.6 Å². The Balaban J connectivity index is 1.70. The Morgan fingerprint density at radius 2 is 1.75 bits per heavy atom. The molecule has 0 unspecified atom stereocenters. The highest BCUT2D eigenvalue weighted by Gasteiger charge is 2.35. The van der Waals surface area contributed by atoms with Gasteiger partial charge in [0.05, 0.1) is 24.8 Å². The van der Waals surface area contributed by atoms with Gasteiger partial charge in [-0.1, -0.05) is 24.3 Å². The molecule has 0 bridgehead atoms. The molecular formula is C19H16FNO3. The SMILES string of the molecule is COc1cccc(C/C=C(\F)CN2C(=O)c3ccccc3C2=O)c1. The highest BCUT2D eigenvalue weighted by Crippen LogP contribution is 2.23. The lowest BCUT2D eigenvalue weighted by molar-refractivity contribution is 0.0660. The third-order valence-electron chi connectivity index (χ3n) is 3.88. The zero-order valence-electron chi connectivity index (χ0n) is 13.2. The van der Waals surface area contributed by atoms with Crippen molar-refractivity contribution in [3.8, 4) is 5.75 Å². The van der Waals surface area contributed by atoms with Crippen LogP contribution in [0.3, 0.4) is 0 Å². The quantitative estimate of drug-likeness (QED) is 0.792. The highest BCUT2D eigenvalue weighted by atomic mass is 19.1. The van der Waals surface area contributed by atoms with Crippen LogP contribution in [0.25, 0.3) is 0 Å². The van der Waals surface area contributed by atoms with E-state index in [1.54, 1.807) is 31.4 Å². The molecule has 1 heterocycles. The molecule has 0 fully saturated rings. The highest BCUT2D eigenvalue weighted by molar-refractivity contribution is 6.21. The average molecular weight is 325 g/mol. The van der Waals surface area contributed by atoms with Crippen molar-refractivity contribution in [3.63, 3.8) is 0 Å². The van der Waals surface area contributed by atoms with E-state index in [4.69, 9.17) is 4.74 Å². The summed E-state index contributed by atoms with van der Waals surface area (Å²) in [4.78, 5) is 25.3. The molecule has 0 spiro atoms. The van der Waals surface area contributed by atoms with Crippen LogP contribution in [-0.2, 0) is 6.42 Å². The molecule has 0 saturated carbocycles. The molecule has 0 atom stereocenters. The second-order valence-corrected chi connectivity index (χ2v) is 5.45. The number of halogens is 1. The Kier molecular flexibility index (Phi) is 4.42. The van der Waals surface area contributed by atoms with E-state index in [9.17, 15) is 14.0 Å². The average Bonchev–Trinajstić information content (AvgIpc) is 2.85. The Morgan fingerprint density at radius 1 is 1.08 bits per heavy atom. The fourth-order valence-corrected chi connectivity index (χ4v) is 2.63. The molecule has 24 heavy (non-hydrogen) atoms. The summed E-state index contributed by atoms with van der Waals surface area (Å²) < 4.78 is 19.3. The molecule has 1 aliphatic rings. The molecule has 2 aromatic rings. The van der Waals surface area contributed by atoms with E-state index in [0.29, 0.717) is 23.3 Å². The number of hydrogen-bond acceptors (Lipinski definition) is 3. The minimum atomic E-state index is -0.521. The van der Waals surface area contributed by atoms with Crippen molar-refractivity contribution in [3.05, 3.63) is 77.1 Å². The maximum atomic E-state index is 14.2. The molecule has 0 radical (unpaired) electrons. The van der Waals surface area contributed by atoms with Crippen LogP contribution in [0.2, 0.25) is 0 Å². The predicted molar refractivity (Wildman–Crippen MR) is 87.7 cm³/mol. The Morgan fingerprint density at radius 3 is 2.38 bits per heavy atom. The first-order valence-corrected chi connectivity index (χ1v) is 7.53. The van der Waals surface area contributed by atoms with Crippen molar-refractivity contribution in [2.75, 3.05) is 13.7 Å². The first kappa shape index (κ1) is 15.9. The van der Waals surface area contributed by atoms with Crippen molar-refractivity contribution in [2.24, 2.45) is 0 Å². The fourth-order valence-electron chi connectivity index (χ4n) is 2.63. The molecule has 0 aliphatic carbocycles. The molecule has 2 aromatic carbocycles. The van der Waals surface area contributed by atoms with Crippen LogP contribution >= 0.6 is 0 Å². The van der Waals surface area contributed by atoms with Gasteiger partial charge in [-0.25, -0.2) is 4.39 Å². The number of carbonyl (C=O) groups is 2. The number of methoxy groups -OCH3 is 1. The number of ether oxygens (including phenoxy) is 1. The lowest BCUT2D eigenvalue weighted by Gasteiger charge is -2.12. The molecular weight excluding hydrogens is 309 g/mol. The maximum absolute atomic E-state index is 14.2. The smallest absolute Gasteiger partial charge is 0.261 e. The predicted octanol–water partition coefficient (Wildman–Crippen LogP) is 3.39. The van der Waals surface area contributed by atoms with Crippen LogP contribution in [0.4, 0.5) is 4.39 Å². The molecule has 0 aromatic heterocycles. The molecule has 3 rings (SSSR count). The number of carbonyl (C=O) groups excluding carboxylic acids is 2. The second-order valence-electron chi connectivity index (χ2n) is 5.45. The Labute approximate surface area is 139 Å². The summed E-state index contributed by atoms with van der Waals surface area (Å²) in [7, 11) is 1.57. The Hall–Kier alpha value is -2.95. The number of allylic oxidation sites excluding steroid dienone is 1. The van der Waals surface area contributed by atoms with E-state index in [0.717, 1.165) is 10.5 Å². The summed E-state index contributed by atoms with van der Waals surface area (Å²) in [5.41, 5.74) is 1.53. The maximum Gasteiger partial charge on any atom is 0.261 e. The first-order chi connectivity index (χ1) is 11.6. The van der Waals surface area contributed by atoms with Gasteiger partial charge in [0.15, 0.2) is 0 Å². The van der Waals surface area contributed by atoms with Gasteiger partial charge >= 0.3 is 0 Å². The van der Waals surface area contributed by atoms with Crippen LogP contribution in [-0.4, -0.2) is 30.4 Å². The van der Waals surface area contributed by atoms with Gasteiger partial charge in [0.2, 0.25) is 0 Å². The van der Waals surface area contributed by atoms with Crippen LogP contribution in [0, 0.1) is 0 Å². The van der Waals surface area contributed by atoms with Crippen LogP contribution in [0.5, 0.6) is 5.75 Å². The number of fused-ring (bicyclic) bond motifs is 1. The van der Waals surface area contributed by atoms with E-state index in [-0.39, 0.29) is 6.54 Å². The summed E-state index contributed by atoms with van der Waals surface area (Å²) in [6, 6.07) is 13.8. The van der Waals surface area contributed by atoms with Gasteiger partial charge in [-0.3, -0.25) is 14.5 Å². The van der Waals surface area contributed by atoms with Gasteiger partial charge in [0.25, 0.3) is 11.8 Å². The zero-order valence-corrected chi connectivity index (χ0v) is 13.2. The van der Waals surface area contributed by atoms with Crippen LogP contribution < -0.4 is 4.74 Å². The van der Waals surface area contributed by atoms with Crippen LogP contribution in [0.15, 0.2) is 60.4 Å². The van der Waals surface area contributed by atoms with Gasteiger partial charge in [-0.2, -0.15) is 0 Å². The summed E-state index contributed by atoms with van der Waals surface area (Å²) in [6.07, 6.45) is 1.73. The zero-order chi connectivity index (χ0) is 17.1. The minimum absolute atomic E-state index is 0.322. The largest absolute Gasteiger partial charge is 0.497 e. The van der Waals surface area contributed by atoms with Crippen molar-refractivity contribution >= 4 is 11.8 Å². The molecule has 2 amide bonds. The van der Waals surface area contributed by atoms with Crippen molar-refractivity contribution < 1.29 is 18.7 Å². The Bertz CT molecular complexity index is 794. The van der Waals surface area contributed by atoms with Gasteiger partial charge in [-0.05, 0) is 42.3 Å². The molecule has 0 saturated heterocycles. The van der Waals surface area contributed by atoms with Gasteiger partial charge in [-0.15, -0.1) is 0 Å². The van der Waals surface area contributed by atoms with Crippen molar-refractivity contribution in [2.45, 2.75) is 6.42 Å². The summed E-state index contributed by atoms with van der Waals surface area (Å²) >= 11 is 0. The molecule has 4 nitrogen and oxygen atoms in total. The standard InChI is InChI=1S/C19H16FNO3/c1-24-15-6-4-5-13(11-15)9-10-14(20)12-21-18(22)16-7-2-3-8-17(16)19(21)23/h2-8,10-11H,9,12H2,1H3/b14-10-. The van der Waals surface area contributed by atoms with Gasteiger partial charge in [0.1, 0.15) is 11.6 Å². The number of imide groups is 1. The number of nitrogens with zero attached hydrogens (tertiary/aromatic N) is 1.